The number of hydrogen-bond donors (Lipinski definition) is 1. The maximum Gasteiger partial charge on any atom is 0.244 e. The van der Waals surface area contributed by atoms with Gasteiger partial charge in [-0.1, -0.05) is 13.8 Å². The number of amides is 1. The molecule has 4 rings (SSSR count). The second-order valence-electron chi connectivity index (χ2n) is 8.27. The lowest BCUT2D eigenvalue weighted by Crippen LogP contribution is -2.55. The molecule has 4 saturated carbocycles. The molecule has 19 heavy (non-hydrogen) atoms. The van der Waals surface area contributed by atoms with Gasteiger partial charge in [-0.2, -0.15) is 0 Å². The highest BCUT2D eigenvalue weighted by Gasteiger charge is 2.60. The molecule has 0 heterocycles. The van der Waals surface area contributed by atoms with E-state index in [-0.39, 0.29) is 11.3 Å². The van der Waals surface area contributed by atoms with E-state index in [0.717, 1.165) is 5.92 Å². The molecule has 4 fully saturated rings. The Morgan fingerprint density at radius 3 is 2.32 bits per heavy atom. The van der Waals surface area contributed by atoms with Crippen molar-refractivity contribution in [2.45, 2.75) is 65.7 Å². The summed E-state index contributed by atoms with van der Waals surface area (Å²) in [6.07, 6.45) is 8.55. The van der Waals surface area contributed by atoms with Crippen molar-refractivity contribution < 1.29 is 9.63 Å². The van der Waals surface area contributed by atoms with Crippen LogP contribution in [0.15, 0.2) is 0 Å². The van der Waals surface area contributed by atoms with Crippen LogP contribution in [0.2, 0.25) is 0 Å². The maximum absolute atomic E-state index is 12.1. The van der Waals surface area contributed by atoms with Crippen LogP contribution in [0.5, 0.6) is 0 Å². The molecular formula is C16H27NO2. The fourth-order valence-electron chi connectivity index (χ4n) is 6.41. The van der Waals surface area contributed by atoms with E-state index in [1.54, 1.807) is 0 Å². The molecule has 4 bridgehead atoms. The molecule has 3 nitrogen and oxygen atoms in total. The highest BCUT2D eigenvalue weighted by molar-refractivity contribution is 5.75. The number of hydroxylamine groups is 1. The summed E-state index contributed by atoms with van der Waals surface area (Å²) in [6, 6.07) is 0. The molecule has 0 aromatic carbocycles. The molecule has 0 radical (unpaired) electrons. The predicted octanol–water partition coefficient (Wildman–Crippen LogP) is 3.44. The first-order valence-electron chi connectivity index (χ1n) is 7.77. The molecule has 0 saturated heterocycles. The fraction of sp³-hybridized carbons (Fsp3) is 0.938. The number of carbonyl (C=O) groups is 1. The Morgan fingerprint density at radius 2 is 1.79 bits per heavy atom. The zero-order chi connectivity index (χ0) is 13.7. The third-order valence-corrected chi connectivity index (χ3v) is 5.61. The number of hydrogen-bond acceptors (Lipinski definition) is 2. The fourth-order valence-corrected chi connectivity index (χ4v) is 6.41. The minimum atomic E-state index is 0.0796. The summed E-state index contributed by atoms with van der Waals surface area (Å²) in [5, 5.41) is 0. The normalized spacial score (nSPS) is 47.4. The molecule has 3 heteroatoms. The minimum Gasteiger partial charge on any atom is -0.274 e. The highest BCUT2D eigenvalue weighted by atomic mass is 16.6. The number of carbonyl (C=O) groups excluding carboxylic acids is 1. The molecular weight excluding hydrogens is 238 g/mol. The molecule has 1 amide bonds. The average Bonchev–Trinajstić information content (AvgIpc) is 2.20. The van der Waals surface area contributed by atoms with Crippen LogP contribution in [-0.4, -0.2) is 12.5 Å². The molecule has 4 aliphatic carbocycles. The summed E-state index contributed by atoms with van der Waals surface area (Å²) in [7, 11) is 0. The highest BCUT2D eigenvalue weighted by Crippen LogP contribution is 2.70. The maximum atomic E-state index is 12.1. The first-order chi connectivity index (χ1) is 8.86. The lowest BCUT2D eigenvalue weighted by molar-refractivity contribution is -0.161. The van der Waals surface area contributed by atoms with Gasteiger partial charge in [0, 0.05) is 6.42 Å². The van der Waals surface area contributed by atoms with Crippen molar-refractivity contribution in [2.75, 3.05) is 6.61 Å². The Hall–Kier alpha value is -0.570. The van der Waals surface area contributed by atoms with Crippen molar-refractivity contribution in [1.82, 2.24) is 5.48 Å². The van der Waals surface area contributed by atoms with Gasteiger partial charge in [0.25, 0.3) is 0 Å². The minimum absolute atomic E-state index is 0.0796. The molecule has 2 atom stereocenters. The molecule has 4 aliphatic rings. The van der Waals surface area contributed by atoms with E-state index < -0.39 is 0 Å². The van der Waals surface area contributed by atoms with Crippen LogP contribution in [-0.2, 0) is 9.63 Å². The van der Waals surface area contributed by atoms with Gasteiger partial charge in [-0.3, -0.25) is 9.63 Å². The van der Waals surface area contributed by atoms with Crippen molar-refractivity contribution in [1.29, 1.82) is 0 Å². The average molecular weight is 265 g/mol. The molecule has 0 spiro atoms. The van der Waals surface area contributed by atoms with Crippen LogP contribution >= 0.6 is 0 Å². The molecule has 1 N–H and O–H groups in total. The number of rotatable bonds is 4. The lowest BCUT2D eigenvalue weighted by Gasteiger charge is -2.65. The Bertz CT molecular complexity index is 374. The van der Waals surface area contributed by atoms with E-state index in [0.29, 0.717) is 23.9 Å². The molecule has 108 valence electrons. The zero-order valence-electron chi connectivity index (χ0n) is 12.6. The predicted molar refractivity (Wildman–Crippen MR) is 74.2 cm³/mol. The molecule has 0 aromatic heterocycles. The van der Waals surface area contributed by atoms with Gasteiger partial charge < -0.3 is 0 Å². The molecule has 0 aromatic rings. The topological polar surface area (TPSA) is 38.3 Å². The van der Waals surface area contributed by atoms with Crippen LogP contribution in [0, 0.1) is 22.2 Å². The van der Waals surface area contributed by atoms with Gasteiger partial charge in [0.1, 0.15) is 0 Å². The van der Waals surface area contributed by atoms with E-state index >= 15 is 0 Å². The van der Waals surface area contributed by atoms with Crippen molar-refractivity contribution in [3.8, 4) is 0 Å². The zero-order valence-corrected chi connectivity index (χ0v) is 12.6. The van der Waals surface area contributed by atoms with Gasteiger partial charge in [0.15, 0.2) is 0 Å². The second kappa shape index (κ2) is 4.21. The van der Waals surface area contributed by atoms with E-state index in [9.17, 15) is 4.79 Å². The van der Waals surface area contributed by atoms with Gasteiger partial charge in [-0.25, -0.2) is 5.48 Å². The largest absolute Gasteiger partial charge is 0.274 e. The summed E-state index contributed by atoms with van der Waals surface area (Å²) in [6.45, 7) is 7.33. The molecule has 2 unspecified atom stereocenters. The third kappa shape index (κ3) is 2.42. The van der Waals surface area contributed by atoms with Gasteiger partial charge in [0.2, 0.25) is 5.91 Å². The molecule has 0 aliphatic heterocycles. The van der Waals surface area contributed by atoms with E-state index in [4.69, 9.17) is 4.84 Å². The van der Waals surface area contributed by atoms with E-state index in [2.05, 4.69) is 19.3 Å². The summed E-state index contributed by atoms with van der Waals surface area (Å²) in [4.78, 5) is 17.1. The monoisotopic (exact) mass is 265 g/mol. The summed E-state index contributed by atoms with van der Waals surface area (Å²) in [5.41, 5.74) is 3.82. The Morgan fingerprint density at radius 1 is 1.16 bits per heavy atom. The van der Waals surface area contributed by atoms with Crippen molar-refractivity contribution >= 4 is 5.91 Å². The summed E-state index contributed by atoms with van der Waals surface area (Å²) in [5.74, 6) is 0.933. The smallest absolute Gasteiger partial charge is 0.244 e. The quantitative estimate of drug-likeness (QED) is 0.791. The Labute approximate surface area is 116 Å². The second-order valence-corrected chi connectivity index (χ2v) is 8.27. The lowest BCUT2D eigenvalue weighted by atomic mass is 9.40. The Kier molecular flexibility index (Phi) is 2.97. The van der Waals surface area contributed by atoms with Crippen LogP contribution in [0.3, 0.4) is 0 Å². The van der Waals surface area contributed by atoms with Crippen molar-refractivity contribution in [2.24, 2.45) is 22.2 Å². The van der Waals surface area contributed by atoms with Crippen molar-refractivity contribution in [3.63, 3.8) is 0 Å². The SMILES string of the molecule is CCONC(=O)CC12CC3CC(C)(CC(C)(C3)C1)C2. The van der Waals surface area contributed by atoms with Crippen LogP contribution < -0.4 is 5.48 Å². The van der Waals surface area contributed by atoms with E-state index in [1.807, 2.05) is 6.92 Å². The van der Waals surface area contributed by atoms with Crippen LogP contribution in [0.1, 0.15) is 65.7 Å². The third-order valence-electron chi connectivity index (χ3n) is 5.61. The first-order valence-corrected chi connectivity index (χ1v) is 7.77. The summed E-state index contributed by atoms with van der Waals surface area (Å²) < 4.78 is 0. The Balaban J connectivity index is 1.75. The van der Waals surface area contributed by atoms with Gasteiger partial charge in [-0.15, -0.1) is 0 Å². The number of nitrogens with one attached hydrogen (secondary N) is 1. The van der Waals surface area contributed by atoms with Crippen LogP contribution in [0.4, 0.5) is 0 Å². The van der Waals surface area contributed by atoms with Gasteiger partial charge in [0.05, 0.1) is 6.61 Å². The van der Waals surface area contributed by atoms with E-state index in [1.165, 1.54) is 38.5 Å². The standard InChI is InChI=1S/C16H27NO2/c1-4-19-17-13(18)8-16-7-12-5-14(2,10-16)9-15(3,6-12)11-16/h12H,4-11H2,1-3H3,(H,17,18). The van der Waals surface area contributed by atoms with Crippen molar-refractivity contribution in [3.05, 3.63) is 0 Å². The van der Waals surface area contributed by atoms with Gasteiger partial charge >= 0.3 is 0 Å². The van der Waals surface area contributed by atoms with Gasteiger partial charge in [-0.05, 0) is 67.6 Å². The first kappa shape index (κ1) is 13.4. The summed E-state index contributed by atoms with van der Waals surface area (Å²) >= 11 is 0. The van der Waals surface area contributed by atoms with Crippen LogP contribution in [0.25, 0.3) is 0 Å².